The number of ether oxygens (including phenoxy) is 1. The Morgan fingerprint density at radius 2 is 1.81 bits per heavy atom. The molecule has 0 atom stereocenters. The summed E-state index contributed by atoms with van der Waals surface area (Å²) in [6, 6.07) is 17.3. The van der Waals surface area contributed by atoms with Gasteiger partial charge in [-0.25, -0.2) is 9.78 Å². The molecule has 166 valence electrons. The minimum Gasteiger partial charge on any atom is -0.451 e. The number of aromatic nitrogens is 1. The zero-order valence-electron chi connectivity index (χ0n) is 18.1. The zero-order valence-corrected chi connectivity index (χ0v) is 18.9. The van der Waals surface area contributed by atoms with Crippen molar-refractivity contribution in [1.82, 2.24) is 4.98 Å². The maximum atomic E-state index is 12.8. The number of thiazole rings is 1. The first-order valence-corrected chi connectivity index (χ1v) is 11.1. The molecule has 0 spiro atoms. The topological polar surface area (TPSA) is 83.6 Å². The van der Waals surface area contributed by atoms with Crippen molar-refractivity contribution in [1.29, 1.82) is 0 Å². The molecule has 3 aromatic rings. The fourth-order valence-electron chi connectivity index (χ4n) is 3.00. The Balaban J connectivity index is 1.61. The van der Waals surface area contributed by atoms with Crippen LogP contribution >= 0.6 is 11.3 Å². The third kappa shape index (κ3) is 6.18. The van der Waals surface area contributed by atoms with Gasteiger partial charge in [0.25, 0.3) is 5.91 Å². The highest BCUT2D eigenvalue weighted by molar-refractivity contribution is 7.13. The number of carbonyl (C=O) groups is 2. The quantitative estimate of drug-likeness (QED) is 0.331. The normalized spacial score (nSPS) is 10.5. The molecule has 32 heavy (non-hydrogen) atoms. The predicted octanol–water partition coefficient (Wildman–Crippen LogP) is 5.08. The van der Waals surface area contributed by atoms with Crippen LogP contribution in [0.25, 0.3) is 0 Å². The van der Waals surface area contributed by atoms with E-state index in [0.29, 0.717) is 11.7 Å². The van der Waals surface area contributed by atoms with Crippen molar-refractivity contribution >= 4 is 45.4 Å². The van der Waals surface area contributed by atoms with Crippen LogP contribution in [0.2, 0.25) is 0 Å². The highest BCUT2D eigenvalue weighted by Gasteiger charge is 2.22. The summed E-state index contributed by atoms with van der Waals surface area (Å²) in [5.74, 6) is -0.940. The average Bonchev–Trinajstić information content (AvgIpc) is 3.27. The Labute approximate surface area is 191 Å². The van der Waals surface area contributed by atoms with Gasteiger partial charge in [-0.05, 0) is 50.2 Å². The van der Waals surface area contributed by atoms with Gasteiger partial charge in [0.1, 0.15) is 0 Å². The molecule has 3 rings (SSSR count). The van der Waals surface area contributed by atoms with E-state index in [-0.39, 0.29) is 24.2 Å². The first-order valence-electron chi connectivity index (χ1n) is 10.2. The molecule has 0 fully saturated rings. The van der Waals surface area contributed by atoms with Crippen LogP contribution in [-0.2, 0) is 9.53 Å². The van der Waals surface area contributed by atoms with E-state index in [1.165, 1.54) is 11.3 Å². The van der Waals surface area contributed by atoms with Crippen LogP contribution in [0.4, 0.5) is 22.2 Å². The van der Waals surface area contributed by atoms with E-state index in [2.05, 4.69) is 22.2 Å². The Morgan fingerprint density at radius 3 is 2.47 bits per heavy atom. The van der Waals surface area contributed by atoms with E-state index < -0.39 is 5.97 Å². The maximum Gasteiger partial charge on any atom is 0.358 e. The van der Waals surface area contributed by atoms with Crippen LogP contribution in [0.5, 0.6) is 0 Å². The second-order valence-electron chi connectivity index (χ2n) is 7.18. The molecule has 0 unspecified atom stereocenters. The number of amides is 1. The lowest BCUT2D eigenvalue weighted by molar-refractivity contribution is -0.122. The highest BCUT2D eigenvalue weighted by atomic mass is 32.1. The van der Waals surface area contributed by atoms with Gasteiger partial charge in [0.2, 0.25) is 0 Å². The molecule has 0 saturated heterocycles. The second-order valence-corrected chi connectivity index (χ2v) is 8.04. The van der Waals surface area contributed by atoms with Crippen molar-refractivity contribution in [2.45, 2.75) is 19.9 Å². The Morgan fingerprint density at radius 1 is 1.12 bits per heavy atom. The Bertz CT molecular complexity index is 1050. The van der Waals surface area contributed by atoms with Gasteiger partial charge in [-0.15, -0.1) is 17.9 Å². The van der Waals surface area contributed by atoms with E-state index in [4.69, 9.17) is 4.74 Å². The number of rotatable bonds is 10. The van der Waals surface area contributed by atoms with E-state index in [1.54, 1.807) is 16.4 Å². The molecular weight excluding hydrogens is 424 g/mol. The van der Waals surface area contributed by atoms with E-state index >= 15 is 0 Å². The van der Waals surface area contributed by atoms with Crippen LogP contribution in [-0.4, -0.2) is 36.1 Å². The number of para-hydroxylation sites is 1. The van der Waals surface area contributed by atoms with Crippen LogP contribution in [0.1, 0.15) is 24.3 Å². The molecule has 0 radical (unpaired) electrons. The van der Waals surface area contributed by atoms with E-state index in [9.17, 15) is 9.59 Å². The second kappa shape index (κ2) is 11.1. The summed E-state index contributed by atoms with van der Waals surface area (Å²) in [6.07, 6.45) is 1.70. The number of carbonyl (C=O) groups excluding carboxylic acids is 2. The summed E-state index contributed by atoms with van der Waals surface area (Å²) in [7, 11) is 0. The number of nitrogens with one attached hydrogen (secondary N) is 2. The number of esters is 1. The third-order valence-electron chi connectivity index (χ3n) is 4.43. The molecule has 8 heteroatoms. The van der Waals surface area contributed by atoms with Crippen molar-refractivity contribution in [2.24, 2.45) is 0 Å². The predicted molar refractivity (Wildman–Crippen MR) is 130 cm³/mol. The molecule has 1 heterocycles. The molecule has 7 nitrogen and oxygen atoms in total. The minimum absolute atomic E-state index is 0.108. The summed E-state index contributed by atoms with van der Waals surface area (Å²) >= 11 is 1.29. The molecule has 2 N–H and O–H groups in total. The molecule has 0 aliphatic carbocycles. The molecule has 1 aromatic heterocycles. The first-order chi connectivity index (χ1) is 15.5. The lowest BCUT2D eigenvalue weighted by Gasteiger charge is -2.27. The van der Waals surface area contributed by atoms with Crippen LogP contribution in [0.15, 0.2) is 72.6 Å². The van der Waals surface area contributed by atoms with Crippen molar-refractivity contribution in [2.75, 3.05) is 28.7 Å². The van der Waals surface area contributed by atoms with Gasteiger partial charge in [-0.2, -0.15) is 0 Å². The molecule has 1 amide bonds. The summed E-state index contributed by atoms with van der Waals surface area (Å²) in [6.45, 7) is 7.62. The summed E-state index contributed by atoms with van der Waals surface area (Å²) in [5.41, 5.74) is 2.78. The van der Waals surface area contributed by atoms with E-state index in [1.807, 2.05) is 68.4 Å². The lowest BCUT2D eigenvalue weighted by atomic mass is 10.2. The summed E-state index contributed by atoms with van der Waals surface area (Å²) in [5, 5.41) is 8.51. The van der Waals surface area contributed by atoms with Gasteiger partial charge in [-0.1, -0.05) is 24.3 Å². The zero-order chi connectivity index (χ0) is 22.9. The van der Waals surface area contributed by atoms with Crippen LogP contribution in [0.3, 0.4) is 0 Å². The largest absolute Gasteiger partial charge is 0.451 e. The van der Waals surface area contributed by atoms with Crippen LogP contribution < -0.4 is 15.5 Å². The number of benzene rings is 2. The highest BCUT2D eigenvalue weighted by Crippen LogP contribution is 2.23. The number of anilines is 4. The Hall–Kier alpha value is -3.65. The van der Waals surface area contributed by atoms with Gasteiger partial charge in [0, 0.05) is 35.0 Å². The van der Waals surface area contributed by atoms with Crippen LogP contribution in [0, 0.1) is 0 Å². The molecular formula is C24H26N4O3S. The number of nitrogens with zero attached hydrogens (tertiary/aromatic N) is 2. The van der Waals surface area contributed by atoms with Crippen molar-refractivity contribution < 1.29 is 14.3 Å². The number of hydrogen-bond acceptors (Lipinski definition) is 7. The van der Waals surface area contributed by atoms with Gasteiger partial charge >= 0.3 is 5.97 Å². The first kappa shape index (κ1) is 23.0. The Kier molecular flexibility index (Phi) is 7.99. The van der Waals surface area contributed by atoms with Crippen molar-refractivity contribution in [3.8, 4) is 0 Å². The average molecular weight is 451 g/mol. The van der Waals surface area contributed by atoms with Gasteiger partial charge < -0.3 is 20.3 Å². The maximum absolute atomic E-state index is 12.8. The van der Waals surface area contributed by atoms with Gasteiger partial charge in [0.05, 0.1) is 0 Å². The summed E-state index contributed by atoms with van der Waals surface area (Å²) < 4.78 is 5.22. The van der Waals surface area contributed by atoms with Crippen molar-refractivity contribution in [3.63, 3.8) is 0 Å². The van der Waals surface area contributed by atoms with Crippen molar-refractivity contribution in [3.05, 3.63) is 78.3 Å². The molecule has 2 aromatic carbocycles. The third-order valence-corrected chi connectivity index (χ3v) is 5.23. The minimum atomic E-state index is -0.632. The molecule has 0 aliphatic rings. The smallest absolute Gasteiger partial charge is 0.358 e. The van der Waals surface area contributed by atoms with Gasteiger partial charge in [0.15, 0.2) is 17.4 Å². The lowest BCUT2D eigenvalue weighted by Crippen LogP contribution is -2.39. The SMILES string of the molecule is C=CCNc1nc(C(=O)OCC(=O)N(c2ccc(Nc3ccccc3)cc2)C(C)C)cs1. The number of hydrogen-bond donors (Lipinski definition) is 2. The molecule has 0 bridgehead atoms. The fraction of sp³-hybridized carbons (Fsp3) is 0.208. The summed E-state index contributed by atoms with van der Waals surface area (Å²) in [4.78, 5) is 30.9. The van der Waals surface area contributed by atoms with E-state index in [0.717, 1.165) is 17.1 Å². The standard InChI is InChI=1S/C24H26N4O3S/c1-4-14-25-24-27-21(16-32-24)23(30)31-15-22(29)28(17(2)3)20-12-10-19(11-13-20)26-18-8-6-5-7-9-18/h4-13,16-17,26H,1,14-15H2,2-3H3,(H,25,27). The monoisotopic (exact) mass is 450 g/mol. The molecule has 0 saturated carbocycles. The molecule has 0 aliphatic heterocycles. The fourth-order valence-corrected chi connectivity index (χ4v) is 3.69. The van der Waals surface area contributed by atoms with Gasteiger partial charge in [-0.3, -0.25) is 4.79 Å².